The van der Waals surface area contributed by atoms with Crippen LogP contribution in [0.1, 0.15) is 29.1 Å². The van der Waals surface area contributed by atoms with Crippen molar-refractivity contribution < 1.29 is 31.1 Å². The minimum atomic E-state index is -4.83. The van der Waals surface area contributed by atoms with E-state index in [1.54, 1.807) is 6.92 Å². The first-order valence-electron chi connectivity index (χ1n) is 8.84. The Morgan fingerprint density at radius 3 is 2.73 bits per heavy atom. The molecule has 4 rings (SSSR count). The molecule has 12 heteroatoms. The number of ether oxygens (including phenoxy) is 1. The highest BCUT2D eigenvalue weighted by atomic mass is 19.4. The first kappa shape index (κ1) is 20.1. The van der Waals surface area contributed by atoms with Gasteiger partial charge < -0.3 is 20.2 Å². The molecule has 0 spiro atoms. The molecule has 0 saturated carbocycles. The third-order valence-corrected chi connectivity index (χ3v) is 4.91. The van der Waals surface area contributed by atoms with Crippen molar-refractivity contribution in [1.82, 2.24) is 10.3 Å². The Hall–Kier alpha value is -3.18. The summed E-state index contributed by atoms with van der Waals surface area (Å²) in [6.07, 6.45) is -6.83. The molecule has 1 aromatic heterocycles. The molecule has 160 valence electrons. The number of fused-ring (bicyclic) bond motifs is 1. The predicted octanol–water partition coefficient (Wildman–Crippen LogP) is 3.13. The molecule has 3 heterocycles. The number of oxazole rings is 1. The number of alkyl halides is 4. The maximum absolute atomic E-state index is 14.9. The van der Waals surface area contributed by atoms with Crippen LogP contribution in [0.5, 0.6) is 0 Å². The second-order valence-electron chi connectivity index (χ2n) is 6.99. The number of amidine groups is 2. The lowest BCUT2D eigenvalue weighted by atomic mass is 9.83. The summed E-state index contributed by atoms with van der Waals surface area (Å²) in [5.74, 6) is -0.181. The van der Waals surface area contributed by atoms with Crippen molar-refractivity contribution in [3.05, 3.63) is 46.9 Å². The molecular weight excluding hydrogens is 413 g/mol. The van der Waals surface area contributed by atoms with Crippen LogP contribution in [0.25, 0.3) is 0 Å². The number of nitrogens with zero attached hydrogens (tertiary/aromatic N) is 3. The van der Waals surface area contributed by atoms with Crippen LogP contribution in [0.2, 0.25) is 0 Å². The van der Waals surface area contributed by atoms with Crippen molar-refractivity contribution in [3.63, 3.8) is 0 Å². The Bertz CT molecular complexity index is 1050. The Labute approximate surface area is 166 Å². The monoisotopic (exact) mass is 429 g/mol. The van der Waals surface area contributed by atoms with Gasteiger partial charge in [0.05, 0.1) is 5.69 Å². The number of aliphatic imine (C=N–C) groups is 2. The van der Waals surface area contributed by atoms with E-state index in [-0.39, 0.29) is 17.8 Å². The Balaban J connectivity index is 1.80. The number of hydrogen-bond acceptors (Lipinski definition) is 7. The Kier molecular flexibility index (Phi) is 4.66. The van der Waals surface area contributed by atoms with Gasteiger partial charge in [0.25, 0.3) is 6.02 Å². The average molecular weight is 429 g/mol. The minimum Gasteiger partial charge on any atom is -0.452 e. The second-order valence-corrected chi connectivity index (χ2v) is 6.99. The first-order valence-corrected chi connectivity index (χ1v) is 8.84. The van der Waals surface area contributed by atoms with Gasteiger partial charge in [-0.05, 0) is 17.7 Å². The predicted molar refractivity (Wildman–Crippen MR) is 95.5 cm³/mol. The van der Waals surface area contributed by atoms with Gasteiger partial charge in [0.2, 0.25) is 0 Å². The highest BCUT2D eigenvalue weighted by Crippen LogP contribution is 2.43. The zero-order valence-corrected chi connectivity index (χ0v) is 15.6. The summed E-state index contributed by atoms with van der Waals surface area (Å²) in [5, 5.41) is 2.96. The van der Waals surface area contributed by atoms with Crippen molar-refractivity contribution in [2.24, 2.45) is 15.7 Å². The molecule has 0 unspecified atom stereocenters. The van der Waals surface area contributed by atoms with Crippen molar-refractivity contribution in [2.75, 3.05) is 6.67 Å². The summed E-state index contributed by atoms with van der Waals surface area (Å²) in [7, 11) is 0. The molecule has 0 saturated heterocycles. The van der Waals surface area contributed by atoms with E-state index < -0.39 is 42.8 Å². The van der Waals surface area contributed by atoms with E-state index >= 15 is 0 Å². The van der Waals surface area contributed by atoms with Crippen molar-refractivity contribution in [2.45, 2.75) is 37.7 Å². The number of aromatic nitrogens is 1. The molecular formula is C18H16F5N5O2. The van der Waals surface area contributed by atoms with Gasteiger partial charge in [-0.2, -0.15) is 13.2 Å². The third-order valence-electron chi connectivity index (χ3n) is 4.91. The molecule has 2 aromatic rings. The van der Waals surface area contributed by atoms with E-state index in [1.165, 1.54) is 12.3 Å². The van der Waals surface area contributed by atoms with E-state index in [2.05, 4.69) is 25.0 Å². The van der Waals surface area contributed by atoms with Gasteiger partial charge in [-0.25, -0.2) is 23.7 Å². The molecule has 0 amide bonds. The molecule has 2 aliphatic rings. The number of nitrogens with two attached hydrogens (primary N) is 1. The lowest BCUT2D eigenvalue weighted by molar-refractivity contribution is -0.209. The standard InChI is InChI=1S/C18H16F5N5O2/c1-8-26-13(6-29-8)15-25-5-9-2-11(20)10(3-12(9)27-15)17(7-19)4-14(18(21,22)23)30-16(24)28-17/h2-3,6,14H,4-5,7H2,1H3,(H2,24,28)(H,25,27)/t14-,17+/m0/s1. The number of aryl methyl sites for hydroxylation is 1. The van der Waals surface area contributed by atoms with Gasteiger partial charge >= 0.3 is 6.18 Å². The van der Waals surface area contributed by atoms with Gasteiger partial charge in [0.15, 0.2) is 17.8 Å². The maximum Gasteiger partial charge on any atom is 0.425 e. The highest BCUT2D eigenvalue weighted by molar-refractivity contribution is 5.99. The normalized spacial score (nSPS) is 23.7. The first-order chi connectivity index (χ1) is 14.1. The number of rotatable bonds is 3. The average Bonchev–Trinajstić information content (AvgIpc) is 3.12. The topological polar surface area (TPSA) is 98.0 Å². The number of halogens is 5. The lowest BCUT2D eigenvalue weighted by Crippen LogP contribution is -2.48. The van der Waals surface area contributed by atoms with Crippen LogP contribution >= 0.6 is 0 Å². The van der Waals surface area contributed by atoms with E-state index in [0.717, 1.165) is 6.07 Å². The number of nitrogens with one attached hydrogen (secondary N) is 1. The quantitative estimate of drug-likeness (QED) is 0.731. The maximum atomic E-state index is 14.9. The van der Waals surface area contributed by atoms with Gasteiger partial charge in [0, 0.05) is 25.5 Å². The van der Waals surface area contributed by atoms with Crippen LogP contribution in [0.15, 0.2) is 32.8 Å². The van der Waals surface area contributed by atoms with E-state index in [1.807, 2.05) is 0 Å². The fourth-order valence-corrected chi connectivity index (χ4v) is 3.45. The molecule has 0 bridgehead atoms. The molecule has 2 atom stereocenters. The molecule has 0 radical (unpaired) electrons. The summed E-state index contributed by atoms with van der Waals surface area (Å²) in [6.45, 7) is 0.417. The molecule has 0 aliphatic carbocycles. The molecule has 2 aliphatic heterocycles. The van der Waals surface area contributed by atoms with Crippen LogP contribution in [0, 0.1) is 12.7 Å². The van der Waals surface area contributed by atoms with Gasteiger partial charge in [-0.1, -0.05) is 0 Å². The summed E-state index contributed by atoms with van der Waals surface area (Å²) in [4.78, 5) is 12.2. The number of benzene rings is 1. The molecule has 0 fully saturated rings. The highest BCUT2D eigenvalue weighted by Gasteiger charge is 2.52. The van der Waals surface area contributed by atoms with Crippen LogP contribution in [-0.2, 0) is 16.8 Å². The summed E-state index contributed by atoms with van der Waals surface area (Å²) in [6, 6.07) is 1.42. The minimum absolute atomic E-state index is 0.180. The summed E-state index contributed by atoms with van der Waals surface area (Å²) in [5.41, 5.74) is 3.89. The fourth-order valence-electron chi connectivity index (χ4n) is 3.45. The molecule has 30 heavy (non-hydrogen) atoms. The van der Waals surface area contributed by atoms with Crippen LogP contribution in [0.4, 0.5) is 27.6 Å². The Morgan fingerprint density at radius 1 is 1.33 bits per heavy atom. The van der Waals surface area contributed by atoms with Crippen LogP contribution in [-0.4, -0.2) is 35.8 Å². The number of hydrogen-bond donors (Lipinski definition) is 2. The Morgan fingerprint density at radius 2 is 2.10 bits per heavy atom. The zero-order valence-electron chi connectivity index (χ0n) is 15.6. The SMILES string of the molecule is Cc1nc(C2=Nc3cc([C@]4(CF)C[C@@H](C(F)(F)F)OC(N)=N4)c(F)cc3CN2)co1. The van der Waals surface area contributed by atoms with Crippen LogP contribution in [0.3, 0.4) is 0 Å². The zero-order chi connectivity index (χ0) is 21.7. The van der Waals surface area contributed by atoms with Crippen molar-refractivity contribution in [1.29, 1.82) is 0 Å². The van der Waals surface area contributed by atoms with E-state index in [4.69, 9.17) is 10.2 Å². The van der Waals surface area contributed by atoms with E-state index in [9.17, 15) is 22.0 Å². The van der Waals surface area contributed by atoms with Gasteiger partial charge in [-0.15, -0.1) is 0 Å². The van der Waals surface area contributed by atoms with Gasteiger partial charge in [0.1, 0.15) is 30.0 Å². The largest absolute Gasteiger partial charge is 0.452 e. The summed E-state index contributed by atoms with van der Waals surface area (Å²) >= 11 is 0. The third kappa shape index (κ3) is 3.46. The van der Waals surface area contributed by atoms with Gasteiger partial charge in [-0.3, -0.25) is 0 Å². The lowest BCUT2D eigenvalue weighted by Gasteiger charge is -2.37. The molecule has 1 aromatic carbocycles. The van der Waals surface area contributed by atoms with E-state index in [0.29, 0.717) is 23.0 Å². The fraction of sp³-hybridized carbons (Fsp3) is 0.389. The van der Waals surface area contributed by atoms with Crippen molar-refractivity contribution >= 4 is 17.5 Å². The van der Waals surface area contributed by atoms with Crippen molar-refractivity contribution in [3.8, 4) is 0 Å². The summed E-state index contributed by atoms with van der Waals surface area (Å²) < 4.78 is 78.3. The smallest absolute Gasteiger partial charge is 0.425 e. The van der Waals surface area contributed by atoms with Crippen LogP contribution < -0.4 is 11.1 Å². The molecule has 7 nitrogen and oxygen atoms in total. The second kappa shape index (κ2) is 6.96. The molecule has 3 N–H and O–H groups in total.